The van der Waals surface area contributed by atoms with Crippen molar-refractivity contribution in [3.8, 4) is 0 Å². The number of nitrogens with two attached hydrogens (primary N) is 1. The summed E-state index contributed by atoms with van der Waals surface area (Å²) < 4.78 is 1.50. The van der Waals surface area contributed by atoms with Crippen LogP contribution in [0.4, 0.5) is 11.6 Å². The quantitative estimate of drug-likeness (QED) is 0.638. The molecule has 0 saturated carbocycles. The van der Waals surface area contributed by atoms with Crippen molar-refractivity contribution >= 4 is 27.9 Å². The lowest BCUT2D eigenvalue weighted by Gasteiger charge is -2.18. The molecule has 8 heteroatoms. The number of aromatic nitrogens is 2. The smallest absolute Gasteiger partial charge is 0.358 e. The van der Waals surface area contributed by atoms with Crippen molar-refractivity contribution in [3.63, 3.8) is 0 Å². The van der Waals surface area contributed by atoms with Crippen LogP contribution in [0.5, 0.6) is 0 Å². The summed E-state index contributed by atoms with van der Waals surface area (Å²) in [6.07, 6.45) is 1.66. The Bertz CT molecular complexity index is 534. The predicted molar refractivity (Wildman–Crippen MR) is 66.7 cm³/mol. The fourth-order valence-corrected chi connectivity index (χ4v) is 2.42. The van der Waals surface area contributed by atoms with Crippen molar-refractivity contribution in [3.05, 3.63) is 21.7 Å². The van der Waals surface area contributed by atoms with Gasteiger partial charge in [-0.2, -0.15) is 9.38 Å². The Morgan fingerprint density at radius 1 is 1.71 bits per heavy atom. The normalized spacial score (nSPS) is 10.9. The molecule has 92 valence electrons. The van der Waals surface area contributed by atoms with Crippen LogP contribution < -0.4 is 10.6 Å². The maximum Gasteiger partial charge on any atom is 0.373 e. The summed E-state index contributed by atoms with van der Waals surface area (Å²) in [6, 6.07) is 0. The minimum absolute atomic E-state index is 0.0107. The lowest BCUT2D eigenvalue weighted by atomic mass is 10.4. The summed E-state index contributed by atoms with van der Waals surface area (Å²) in [5.74, 6) is 0.409. The lowest BCUT2D eigenvalue weighted by Crippen LogP contribution is -2.29. The number of nitrogens with zero attached hydrogens (tertiary/aromatic N) is 4. The molecule has 0 aliphatic heterocycles. The van der Waals surface area contributed by atoms with Gasteiger partial charge in [0, 0.05) is 25.0 Å². The summed E-state index contributed by atoms with van der Waals surface area (Å²) in [5.41, 5.74) is 5.49. The van der Waals surface area contributed by atoms with Crippen LogP contribution in [0.1, 0.15) is 6.92 Å². The number of likely N-dealkylation sites (N-methyl/N-ethyl adjacent to an activating group) is 1. The Labute approximate surface area is 102 Å². The number of nitro groups is 1. The molecular formula is C9H13N5O2S. The van der Waals surface area contributed by atoms with Crippen molar-refractivity contribution in [2.45, 2.75) is 6.92 Å². The summed E-state index contributed by atoms with van der Waals surface area (Å²) in [5, 5.41) is 12.9. The Morgan fingerprint density at radius 3 is 3.06 bits per heavy atom. The third-order valence-corrected chi connectivity index (χ3v) is 3.23. The predicted octanol–water partition coefficient (Wildman–Crippen LogP) is 1.09. The molecule has 0 saturated heterocycles. The Morgan fingerprint density at radius 2 is 2.47 bits per heavy atom. The Balaban J connectivity index is 2.54. The highest BCUT2D eigenvalue weighted by Gasteiger charge is 2.26. The zero-order valence-electron chi connectivity index (χ0n) is 9.37. The monoisotopic (exact) mass is 255 g/mol. The molecule has 0 fully saturated rings. The highest BCUT2D eigenvalue weighted by Crippen LogP contribution is 2.30. The SMILES string of the molecule is CCN(CCN)c1nc2sccn2c1[N+](=O)[O-]. The van der Waals surface area contributed by atoms with Gasteiger partial charge in [0.25, 0.3) is 4.96 Å². The number of fused-ring (bicyclic) bond motifs is 1. The van der Waals surface area contributed by atoms with Crippen molar-refractivity contribution in [2.24, 2.45) is 5.73 Å². The molecule has 7 nitrogen and oxygen atoms in total. The molecule has 2 aromatic rings. The van der Waals surface area contributed by atoms with Crippen LogP contribution in [0.15, 0.2) is 11.6 Å². The second kappa shape index (κ2) is 4.68. The highest BCUT2D eigenvalue weighted by atomic mass is 32.1. The molecule has 2 aromatic heterocycles. The van der Waals surface area contributed by atoms with Crippen molar-refractivity contribution < 1.29 is 4.92 Å². The maximum atomic E-state index is 11.1. The van der Waals surface area contributed by atoms with Gasteiger partial charge in [0.15, 0.2) is 0 Å². The molecule has 17 heavy (non-hydrogen) atoms. The van der Waals surface area contributed by atoms with E-state index in [0.717, 1.165) is 0 Å². The van der Waals surface area contributed by atoms with E-state index in [1.54, 1.807) is 11.6 Å². The second-order valence-corrected chi connectivity index (χ2v) is 4.31. The van der Waals surface area contributed by atoms with Gasteiger partial charge in [-0.05, 0) is 11.8 Å². The molecule has 0 aliphatic rings. The number of rotatable bonds is 5. The number of thiazole rings is 1. The zero-order chi connectivity index (χ0) is 12.4. The molecule has 0 amide bonds. The van der Waals surface area contributed by atoms with E-state index in [0.29, 0.717) is 30.4 Å². The van der Waals surface area contributed by atoms with E-state index in [9.17, 15) is 10.1 Å². The van der Waals surface area contributed by atoms with Crippen LogP contribution in [0.3, 0.4) is 0 Å². The van der Waals surface area contributed by atoms with Gasteiger partial charge >= 0.3 is 5.82 Å². The van der Waals surface area contributed by atoms with Gasteiger partial charge in [-0.3, -0.25) is 0 Å². The molecule has 0 aromatic carbocycles. The third kappa shape index (κ3) is 1.96. The minimum Gasteiger partial charge on any atom is -0.358 e. The fourth-order valence-electron chi connectivity index (χ4n) is 1.71. The average molecular weight is 255 g/mol. The highest BCUT2D eigenvalue weighted by molar-refractivity contribution is 7.15. The van der Waals surface area contributed by atoms with Crippen LogP contribution in [-0.4, -0.2) is 33.9 Å². The van der Waals surface area contributed by atoms with Gasteiger partial charge in [0.05, 0.1) is 0 Å². The zero-order valence-corrected chi connectivity index (χ0v) is 10.2. The van der Waals surface area contributed by atoms with Gasteiger partial charge in [-0.15, -0.1) is 0 Å². The van der Waals surface area contributed by atoms with Crippen molar-refractivity contribution in [2.75, 3.05) is 24.5 Å². The summed E-state index contributed by atoms with van der Waals surface area (Å²) in [4.78, 5) is 17.4. The van der Waals surface area contributed by atoms with Crippen LogP contribution in [0.2, 0.25) is 0 Å². The number of imidazole rings is 1. The van der Waals surface area contributed by atoms with E-state index in [1.165, 1.54) is 15.7 Å². The van der Waals surface area contributed by atoms with Crippen LogP contribution >= 0.6 is 11.3 Å². The van der Waals surface area contributed by atoms with Gasteiger partial charge in [0.2, 0.25) is 5.82 Å². The first kappa shape index (κ1) is 11.8. The molecule has 0 unspecified atom stereocenters. The molecule has 0 bridgehead atoms. The number of anilines is 1. The van der Waals surface area contributed by atoms with E-state index in [2.05, 4.69) is 4.98 Å². The second-order valence-electron chi connectivity index (χ2n) is 3.44. The van der Waals surface area contributed by atoms with E-state index < -0.39 is 4.92 Å². The maximum absolute atomic E-state index is 11.1. The van der Waals surface area contributed by atoms with Crippen LogP contribution in [-0.2, 0) is 0 Å². The van der Waals surface area contributed by atoms with Gasteiger partial charge in [0.1, 0.15) is 6.20 Å². The molecule has 0 radical (unpaired) electrons. The van der Waals surface area contributed by atoms with E-state index in [4.69, 9.17) is 5.73 Å². The number of hydrogen-bond donors (Lipinski definition) is 1. The number of hydrogen-bond acceptors (Lipinski definition) is 6. The molecule has 0 aliphatic carbocycles. The first-order valence-corrected chi connectivity index (χ1v) is 6.12. The first-order valence-electron chi connectivity index (χ1n) is 5.24. The van der Waals surface area contributed by atoms with Crippen molar-refractivity contribution in [1.29, 1.82) is 0 Å². The third-order valence-electron chi connectivity index (χ3n) is 2.47. The molecular weight excluding hydrogens is 242 g/mol. The molecule has 0 spiro atoms. The Hall–Kier alpha value is -1.67. The molecule has 2 rings (SSSR count). The van der Waals surface area contributed by atoms with Gasteiger partial charge in [-0.25, -0.2) is 0 Å². The van der Waals surface area contributed by atoms with Gasteiger partial charge in [-0.1, -0.05) is 11.3 Å². The standard InChI is InChI=1S/C9H13N5O2S/c1-2-12(4-3-10)7-8(14(15)16)13-5-6-17-9(13)11-7/h5-6H,2-4,10H2,1H3. The average Bonchev–Trinajstić information content (AvgIpc) is 2.84. The lowest BCUT2D eigenvalue weighted by molar-refractivity contribution is -0.389. The summed E-state index contributed by atoms with van der Waals surface area (Å²) >= 11 is 1.38. The molecule has 2 heterocycles. The Kier molecular flexibility index (Phi) is 3.25. The van der Waals surface area contributed by atoms with E-state index >= 15 is 0 Å². The van der Waals surface area contributed by atoms with Crippen LogP contribution in [0.25, 0.3) is 4.96 Å². The first-order chi connectivity index (χ1) is 8.19. The summed E-state index contributed by atoms with van der Waals surface area (Å²) in [6.45, 7) is 3.56. The molecule has 2 N–H and O–H groups in total. The minimum atomic E-state index is -0.402. The fraction of sp³-hybridized carbons (Fsp3) is 0.444. The largest absolute Gasteiger partial charge is 0.373 e. The summed E-state index contributed by atoms with van der Waals surface area (Å²) in [7, 11) is 0. The van der Waals surface area contributed by atoms with Crippen molar-refractivity contribution in [1.82, 2.24) is 9.38 Å². The van der Waals surface area contributed by atoms with Gasteiger partial charge < -0.3 is 20.7 Å². The topological polar surface area (TPSA) is 89.7 Å². The van der Waals surface area contributed by atoms with E-state index in [-0.39, 0.29) is 5.82 Å². The van der Waals surface area contributed by atoms with E-state index in [1.807, 2.05) is 11.8 Å². The molecule has 0 atom stereocenters. The van der Waals surface area contributed by atoms with Crippen LogP contribution in [0, 0.1) is 10.1 Å².